The van der Waals surface area contributed by atoms with Crippen molar-refractivity contribution < 1.29 is 4.79 Å². The number of aromatic nitrogens is 2. The first-order valence-corrected chi connectivity index (χ1v) is 8.23. The lowest BCUT2D eigenvalue weighted by Crippen LogP contribution is -2.45. The summed E-state index contributed by atoms with van der Waals surface area (Å²) in [5.74, 6) is 0.529. The van der Waals surface area contributed by atoms with Crippen LogP contribution >= 0.6 is 15.9 Å². The van der Waals surface area contributed by atoms with E-state index in [1.807, 2.05) is 12.1 Å². The van der Waals surface area contributed by atoms with Crippen molar-refractivity contribution in [2.75, 3.05) is 43.4 Å². The smallest absolute Gasteiger partial charge is 0.255 e. The zero-order valence-corrected chi connectivity index (χ0v) is 14.5. The van der Waals surface area contributed by atoms with Gasteiger partial charge in [-0.2, -0.15) is 0 Å². The largest absolute Gasteiger partial charge is 0.338 e. The highest BCUT2D eigenvalue weighted by molar-refractivity contribution is 9.10. The number of benzene rings is 1. The van der Waals surface area contributed by atoms with Gasteiger partial charge in [0.1, 0.15) is 0 Å². The Kier molecular flexibility index (Phi) is 4.88. The Bertz CT molecular complexity index is 683. The molecule has 6 nitrogen and oxygen atoms in total. The van der Waals surface area contributed by atoms with Crippen LogP contribution in [0.15, 0.2) is 41.1 Å². The van der Waals surface area contributed by atoms with Crippen molar-refractivity contribution in [1.82, 2.24) is 14.9 Å². The minimum Gasteiger partial charge on any atom is -0.338 e. The number of anilines is 2. The number of piperazine rings is 1. The molecule has 0 unspecified atom stereocenters. The SMILES string of the molecule is CN1CCN(c2ncc(NC(=O)c3cccc(Br)c3)cn2)CC1. The van der Waals surface area contributed by atoms with Gasteiger partial charge >= 0.3 is 0 Å². The maximum Gasteiger partial charge on any atom is 0.255 e. The van der Waals surface area contributed by atoms with E-state index in [2.05, 4.69) is 48.1 Å². The van der Waals surface area contributed by atoms with Crippen LogP contribution < -0.4 is 10.2 Å². The molecule has 0 radical (unpaired) electrons. The topological polar surface area (TPSA) is 61.4 Å². The van der Waals surface area contributed by atoms with Crippen LogP contribution in [0.1, 0.15) is 10.4 Å². The fourth-order valence-corrected chi connectivity index (χ4v) is 2.79. The van der Waals surface area contributed by atoms with Crippen molar-refractivity contribution in [2.24, 2.45) is 0 Å². The summed E-state index contributed by atoms with van der Waals surface area (Å²) in [7, 11) is 2.11. The second-order valence-corrected chi connectivity index (χ2v) is 6.44. The lowest BCUT2D eigenvalue weighted by Gasteiger charge is -2.32. The molecule has 1 aromatic heterocycles. The third-order valence-corrected chi connectivity index (χ3v) is 4.26. The predicted octanol–water partition coefficient (Wildman–Crippen LogP) is 2.24. The predicted molar refractivity (Wildman–Crippen MR) is 93.8 cm³/mol. The average molecular weight is 376 g/mol. The van der Waals surface area contributed by atoms with E-state index >= 15 is 0 Å². The zero-order valence-electron chi connectivity index (χ0n) is 12.9. The van der Waals surface area contributed by atoms with Gasteiger partial charge in [0.05, 0.1) is 18.1 Å². The van der Waals surface area contributed by atoms with Gasteiger partial charge in [0.2, 0.25) is 5.95 Å². The van der Waals surface area contributed by atoms with Crippen LogP contribution in [0.2, 0.25) is 0 Å². The van der Waals surface area contributed by atoms with Gasteiger partial charge in [0, 0.05) is 36.2 Å². The summed E-state index contributed by atoms with van der Waals surface area (Å²) in [6, 6.07) is 7.24. The molecule has 1 aliphatic heterocycles. The molecule has 1 amide bonds. The highest BCUT2D eigenvalue weighted by Gasteiger charge is 2.16. The van der Waals surface area contributed by atoms with E-state index in [4.69, 9.17) is 0 Å². The van der Waals surface area contributed by atoms with Gasteiger partial charge in [-0.05, 0) is 25.2 Å². The van der Waals surface area contributed by atoms with Crippen LogP contribution in [0, 0.1) is 0 Å². The molecule has 2 heterocycles. The minimum absolute atomic E-state index is 0.178. The maximum absolute atomic E-state index is 12.2. The number of rotatable bonds is 3. The van der Waals surface area contributed by atoms with E-state index in [1.165, 1.54) is 0 Å². The van der Waals surface area contributed by atoms with Crippen LogP contribution in [-0.4, -0.2) is 54.0 Å². The molecule has 7 heteroatoms. The Morgan fingerprint density at radius 1 is 1.17 bits per heavy atom. The fourth-order valence-electron chi connectivity index (χ4n) is 2.39. The zero-order chi connectivity index (χ0) is 16.2. The molecule has 1 aromatic carbocycles. The summed E-state index contributed by atoms with van der Waals surface area (Å²) in [6.45, 7) is 3.84. The quantitative estimate of drug-likeness (QED) is 0.891. The van der Waals surface area contributed by atoms with Gasteiger partial charge in [0.25, 0.3) is 5.91 Å². The summed E-state index contributed by atoms with van der Waals surface area (Å²) in [5.41, 5.74) is 1.18. The van der Waals surface area contributed by atoms with Crippen molar-refractivity contribution in [3.05, 3.63) is 46.7 Å². The molecule has 1 fully saturated rings. The molecule has 1 aliphatic rings. The first-order chi connectivity index (χ1) is 11.1. The van der Waals surface area contributed by atoms with Gasteiger partial charge in [-0.3, -0.25) is 4.79 Å². The molecule has 0 aliphatic carbocycles. The van der Waals surface area contributed by atoms with Gasteiger partial charge in [-0.1, -0.05) is 22.0 Å². The Morgan fingerprint density at radius 2 is 1.87 bits per heavy atom. The first-order valence-electron chi connectivity index (χ1n) is 7.44. The first kappa shape index (κ1) is 15.9. The molecule has 1 saturated heterocycles. The summed E-state index contributed by atoms with van der Waals surface area (Å²) >= 11 is 3.36. The highest BCUT2D eigenvalue weighted by Crippen LogP contribution is 2.15. The molecule has 23 heavy (non-hydrogen) atoms. The number of nitrogens with zero attached hydrogens (tertiary/aromatic N) is 4. The molecule has 0 bridgehead atoms. The molecule has 0 spiro atoms. The molecule has 1 N–H and O–H groups in total. The third-order valence-electron chi connectivity index (χ3n) is 3.77. The number of nitrogens with one attached hydrogen (secondary N) is 1. The molecular weight excluding hydrogens is 358 g/mol. The summed E-state index contributed by atoms with van der Waals surface area (Å²) in [5, 5.41) is 2.81. The monoisotopic (exact) mass is 375 g/mol. The molecule has 0 saturated carbocycles. The number of amides is 1. The van der Waals surface area contributed by atoms with Crippen LogP contribution in [0.3, 0.4) is 0 Å². The van der Waals surface area contributed by atoms with Crippen molar-refractivity contribution in [3.8, 4) is 0 Å². The second-order valence-electron chi connectivity index (χ2n) is 5.53. The van der Waals surface area contributed by atoms with E-state index < -0.39 is 0 Å². The van der Waals surface area contributed by atoms with Crippen molar-refractivity contribution in [2.45, 2.75) is 0 Å². The lowest BCUT2D eigenvalue weighted by molar-refractivity contribution is 0.102. The Hall–Kier alpha value is -1.99. The van der Waals surface area contributed by atoms with Crippen molar-refractivity contribution in [1.29, 1.82) is 0 Å². The van der Waals surface area contributed by atoms with Crippen LogP contribution in [-0.2, 0) is 0 Å². The van der Waals surface area contributed by atoms with E-state index in [9.17, 15) is 4.79 Å². The number of carbonyl (C=O) groups excluding carboxylic acids is 1. The Morgan fingerprint density at radius 3 is 2.52 bits per heavy atom. The van der Waals surface area contributed by atoms with E-state index in [0.29, 0.717) is 17.2 Å². The second kappa shape index (κ2) is 7.06. The molecular formula is C16H18BrN5O. The van der Waals surface area contributed by atoms with E-state index in [-0.39, 0.29) is 5.91 Å². The molecule has 120 valence electrons. The fraction of sp³-hybridized carbons (Fsp3) is 0.312. The standard InChI is InChI=1S/C16H18BrN5O/c1-21-5-7-22(8-6-21)16-18-10-14(11-19-16)20-15(23)12-3-2-4-13(17)9-12/h2-4,9-11H,5-8H2,1H3,(H,20,23). The van der Waals surface area contributed by atoms with Crippen molar-refractivity contribution >= 4 is 33.5 Å². The van der Waals surface area contributed by atoms with Crippen LogP contribution in [0.5, 0.6) is 0 Å². The van der Waals surface area contributed by atoms with Gasteiger partial charge in [-0.25, -0.2) is 9.97 Å². The Labute approximate surface area is 143 Å². The summed E-state index contributed by atoms with van der Waals surface area (Å²) < 4.78 is 0.867. The van der Waals surface area contributed by atoms with E-state index in [1.54, 1.807) is 24.5 Å². The normalized spacial score (nSPS) is 15.5. The molecule has 0 atom stereocenters. The van der Waals surface area contributed by atoms with E-state index in [0.717, 1.165) is 30.7 Å². The number of likely N-dealkylation sites (N-methyl/N-ethyl adjacent to an activating group) is 1. The maximum atomic E-state index is 12.2. The molecule has 2 aromatic rings. The summed E-state index contributed by atoms with van der Waals surface area (Å²) in [6.07, 6.45) is 3.30. The minimum atomic E-state index is -0.178. The van der Waals surface area contributed by atoms with Gasteiger partial charge in [-0.15, -0.1) is 0 Å². The lowest BCUT2D eigenvalue weighted by atomic mass is 10.2. The molecule has 3 rings (SSSR count). The van der Waals surface area contributed by atoms with Gasteiger partial charge < -0.3 is 15.1 Å². The number of carbonyl (C=O) groups is 1. The number of hydrogen-bond donors (Lipinski definition) is 1. The Balaban J connectivity index is 1.64. The van der Waals surface area contributed by atoms with Crippen molar-refractivity contribution in [3.63, 3.8) is 0 Å². The number of hydrogen-bond acceptors (Lipinski definition) is 5. The summed E-state index contributed by atoms with van der Waals surface area (Å²) in [4.78, 5) is 25.3. The van der Waals surface area contributed by atoms with Crippen LogP contribution in [0.25, 0.3) is 0 Å². The van der Waals surface area contributed by atoms with Gasteiger partial charge in [0.15, 0.2) is 0 Å². The average Bonchev–Trinajstić information content (AvgIpc) is 2.56. The third kappa shape index (κ3) is 4.05. The highest BCUT2D eigenvalue weighted by atomic mass is 79.9. The van der Waals surface area contributed by atoms with Crippen LogP contribution in [0.4, 0.5) is 11.6 Å². The number of halogens is 1.